The van der Waals surface area contributed by atoms with Gasteiger partial charge in [-0.3, -0.25) is 4.79 Å². The predicted molar refractivity (Wildman–Crippen MR) is 133 cm³/mol. The smallest absolute Gasteiger partial charge is 0.244 e. The van der Waals surface area contributed by atoms with Crippen LogP contribution in [0.15, 0.2) is 71.6 Å². The largest absolute Gasteiger partial charge is 0.351 e. The van der Waals surface area contributed by atoms with Crippen molar-refractivity contribution in [2.24, 2.45) is 0 Å². The summed E-state index contributed by atoms with van der Waals surface area (Å²) in [5, 5.41) is 2.87. The molecule has 33 heavy (non-hydrogen) atoms. The molecule has 0 aliphatic carbocycles. The second-order valence-electron chi connectivity index (χ2n) is 8.57. The summed E-state index contributed by atoms with van der Waals surface area (Å²) in [5.74, 6) is -0.324. The van der Waals surface area contributed by atoms with Gasteiger partial charge in [0.2, 0.25) is 15.9 Å². The van der Waals surface area contributed by atoms with E-state index in [9.17, 15) is 13.2 Å². The monoisotopic (exact) mass is 464 g/mol. The van der Waals surface area contributed by atoms with Crippen molar-refractivity contribution in [1.82, 2.24) is 9.62 Å². The number of hydrogen-bond donors (Lipinski definition) is 1. The lowest BCUT2D eigenvalue weighted by Gasteiger charge is -2.24. The van der Waals surface area contributed by atoms with Crippen LogP contribution in [-0.4, -0.2) is 31.7 Å². The Morgan fingerprint density at radius 2 is 1.45 bits per heavy atom. The molecule has 6 heteroatoms. The topological polar surface area (TPSA) is 66.5 Å². The number of nitrogens with one attached hydrogen (secondary N) is 1. The number of carbonyl (C=O) groups excluding carboxylic acids is 1. The molecular weight excluding hydrogens is 432 g/mol. The van der Waals surface area contributed by atoms with Crippen LogP contribution in [0.4, 0.5) is 0 Å². The van der Waals surface area contributed by atoms with Gasteiger partial charge in [0.15, 0.2) is 0 Å². The Morgan fingerprint density at radius 1 is 0.818 bits per heavy atom. The van der Waals surface area contributed by atoms with Gasteiger partial charge in [0.25, 0.3) is 0 Å². The van der Waals surface area contributed by atoms with Gasteiger partial charge in [-0.05, 0) is 56.4 Å². The minimum Gasteiger partial charge on any atom is -0.351 e. The number of nitrogens with zero attached hydrogens (tertiary/aromatic N) is 1. The Morgan fingerprint density at radius 3 is 2.09 bits per heavy atom. The van der Waals surface area contributed by atoms with E-state index in [1.165, 1.54) is 4.31 Å². The fourth-order valence-corrected chi connectivity index (χ4v) is 5.93. The molecule has 0 saturated heterocycles. The van der Waals surface area contributed by atoms with E-state index in [1.54, 1.807) is 13.8 Å². The summed E-state index contributed by atoms with van der Waals surface area (Å²) in [5.41, 5.74) is 5.51. The number of benzene rings is 3. The van der Waals surface area contributed by atoms with Crippen LogP contribution in [0.1, 0.15) is 33.4 Å². The molecular formula is C27H32N2O3S. The normalized spacial score (nSPS) is 11.5. The van der Waals surface area contributed by atoms with Gasteiger partial charge in [-0.15, -0.1) is 0 Å². The third-order valence-electron chi connectivity index (χ3n) is 5.59. The summed E-state index contributed by atoms with van der Waals surface area (Å²) in [6.07, 6.45) is 0.523. The van der Waals surface area contributed by atoms with Gasteiger partial charge in [-0.25, -0.2) is 8.42 Å². The summed E-state index contributed by atoms with van der Waals surface area (Å²) in [6.45, 7) is 7.90. The highest BCUT2D eigenvalue weighted by molar-refractivity contribution is 7.89. The van der Waals surface area contributed by atoms with Crippen molar-refractivity contribution in [3.8, 4) is 0 Å². The van der Waals surface area contributed by atoms with Crippen LogP contribution in [0.2, 0.25) is 0 Å². The second-order valence-corrected chi connectivity index (χ2v) is 10.4. The molecule has 0 fully saturated rings. The SMILES string of the molecule is Cc1cccc(CNC(=O)CN(CCc2ccccc2)S(=O)(=O)c2c(C)cc(C)cc2C)c1. The van der Waals surface area contributed by atoms with Gasteiger partial charge in [0.05, 0.1) is 11.4 Å². The Balaban J connectivity index is 1.83. The van der Waals surface area contributed by atoms with Crippen molar-refractivity contribution in [1.29, 1.82) is 0 Å². The molecule has 3 aromatic rings. The van der Waals surface area contributed by atoms with Crippen molar-refractivity contribution in [2.75, 3.05) is 13.1 Å². The molecule has 0 aromatic heterocycles. The minimum atomic E-state index is -3.86. The van der Waals surface area contributed by atoms with Crippen molar-refractivity contribution < 1.29 is 13.2 Å². The summed E-state index contributed by atoms with van der Waals surface area (Å²) >= 11 is 0. The van der Waals surface area contributed by atoms with E-state index in [0.717, 1.165) is 22.3 Å². The van der Waals surface area contributed by atoms with Gasteiger partial charge >= 0.3 is 0 Å². The lowest BCUT2D eigenvalue weighted by atomic mass is 10.1. The van der Waals surface area contributed by atoms with Crippen molar-refractivity contribution in [2.45, 2.75) is 45.6 Å². The van der Waals surface area contributed by atoms with E-state index in [1.807, 2.05) is 80.6 Å². The van der Waals surface area contributed by atoms with E-state index < -0.39 is 10.0 Å². The number of hydrogen-bond acceptors (Lipinski definition) is 3. The van der Waals surface area contributed by atoms with E-state index in [4.69, 9.17) is 0 Å². The molecule has 0 bridgehead atoms. The third kappa shape index (κ3) is 6.53. The minimum absolute atomic E-state index is 0.219. The molecule has 0 saturated carbocycles. The molecule has 0 unspecified atom stereocenters. The van der Waals surface area contributed by atoms with E-state index >= 15 is 0 Å². The van der Waals surface area contributed by atoms with E-state index in [2.05, 4.69) is 5.32 Å². The molecule has 0 aliphatic rings. The first-order valence-corrected chi connectivity index (χ1v) is 12.5. The number of carbonyl (C=O) groups is 1. The van der Waals surface area contributed by atoms with Crippen LogP contribution in [0.25, 0.3) is 0 Å². The van der Waals surface area contributed by atoms with Gasteiger partial charge in [-0.2, -0.15) is 4.31 Å². The Bertz CT molecular complexity index is 1200. The molecule has 5 nitrogen and oxygen atoms in total. The van der Waals surface area contributed by atoms with Gasteiger partial charge in [0, 0.05) is 13.1 Å². The predicted octanol–water partition coefficient (Wildman–Crippen LogP) is 4.47. The quantitative estimate of drug-likeness (QED) is 0.508. The summed E-state index contributed by atoms with van der Waals surface area (Å²) < 4.78 is 28.7. The van der Waals surface area contributed by atoms with Crippen LogP contribution in [-0.2, 0) is 27.8 Å². The van der Waals surface area contributed by atoms with Crippen LogP contribution in [0, 0.1) is 27.7 Å². The summed E-state index contributed by atoms with van der Waals surface area (Å²) in [7, 11) is -3.86. The van der Waals surface area contributed by atoms with Crippen molar-refractivity contribution in [3.63, 3.8) is 0 Å². The lowest BCUT2D eigenvalue weighted by molar-refractivity contribution is -0.121. The standard InChI is InChI=1S/C27H32N2O3S/c1-20-9-8-12-25(17-20)18-28-26(30)19-29(14-13-24-10-6-5-7-11-24)33(31,32)27-22(3)15-21(2)16-23(27)4/h5-12,15-17H,13-14,18-19H2,1-4H3,(H,28,30). The summed E-state index contributed by atoms with van der Waals surface area (Å²) in [6, 6.07) is 21.3. The van der Waals surface area contributed by atoms with Crippen molar-refractivity contribution >= 4 is 15.9 Å². The van der Waals surface area contributed by atoms with Gasteiger partial charge in [0.1, 0.15) is 0 Å². The van der Waals surface area contributed by atoms with Crippen LogP contribution >= 0.6 is 0 Å². The number of sulfonamides is 1. The maximum absolute atomic E-state index is 13.7. The zero-order valence-corrected chi connectivity index (χ0v) is 20.6. The molecule has 1 amide bonds. The Hall–Kier alpha value is -2.96. The first kappa shape index (κ1) is 24.7. The molecule has 3 rings (SSSR count). The molecule has 0 aliphatic heterocycles. The second kappa shape index (κ2) is 10.8. The number of rotatable bonds is 9. The van der Waals surface area contributed by atoms with Gasteiger partial charge in [-0.1, -0.05) is 77.9 Å². The molecule has 0 radical (unpaired) electrons. The maximum Gasteiger partial charge on any atom is 0.244 e. The van der Waals surface area contributed by atoms with Crippen LogP contribution in [0.5, 0.6) is 0 Å². The highest BCUT2D eigenvalue weighted by Gasteiger charge is 2.29. The number of amides is 1. The van der Waals surface area contributed by atoms with Gasteiger partial charge < -0.3 is 5.32 Å². The van der Waals surface area contributed by atoms with Crippen molar-refractivity contribution in [3.05, 3.63) is 100 Å². The molecule has 0 heterocycles. The molecule has 174 valence electrons. The third-order valence-corrected chi connectivity index (χ3v) is 7.74. The van der Waals surface area contributed by atoms with Crippen LogP contribution < -0.4 is 5.32 Å². The molecule has 3 aromatic carbocycles. The fraction of sp³-hybridized carbons (Fsp3) is 0.296. The Kier molecular flexibility index (Phi) is 8.06. The van der Waals surface area contributed by atoms with E-state index in [-0.39, 0.29) is 23.9 Å². The Labute approximate surface area is 197 Å². The number of aryl methyl sites for hydroxylation is 4. The molecule has 0 spiro atoms. The molecule has 1 N–H and O–H groups in total. The van der Waals surface area contributed by atoms with Crippen LogP contribution in [0.3, 0.4) is 0 Å². The fourth-order valence-electron chi connectivity index (χ4n) is 4.12. The average Bonchev–Trinajstić information content (AvgIpc) is 2.75. The molecule has 0 atom stereocenters. The highest BCUT2D eigenvalue weighted by atomic mass is 32.2. The van der Waals surface area contributed by atoms with E-state index in [0.29, 0.717) is 24.1 Å². The zero-order valence-electron chi connectivity index (χ0n) is 19.8. The average molecular weight is 465 g/mol. The lowest BCUT2D eigenvalue weighted by Crippen LogP contribution is -2.42. The maximum atomic E-state index is 13.7. The highest BCUT2D eigenvalue weighted by Crippen LogP contribution is 2.25. The summed E-state index contributed by atoms with van der Waals surface area (Å²) in [4.78, 5) is 13.1. The first-order valence-electron chi connectivity index (χ1n) is 11.1. The first-order chi connectivity index (χ1) is 15.7. The zero-order chi connectivity index (χ0) is 24.0.